The maximum absolute atomic E-state index is 10.1. The summed E-state index contributed by atoms with van der Waals surface area (Å²) in [5.74, 6) is 0. The van der Waals surface area contributed by atoms with Crippen LogP contribution < -0.4 is 0 Å². The van der Waals surface area contributed by atoms with Crippen LogP contribution in [-0.4, -0.2) is 70.8 Å². The smallest absolute Gasteiger partial charge is 0.157 e. The first-order chi connectivity index (χ1) is 9.07. The molecule has 0 bridgehead atoms. The third-order valence-electron chi connectivity index (χ3n) is 3.16. The Balaban J connectivity index is 2.83. The zero-order valence-corrected chi connectivity index (χ0v) is 10.8. The zero-order chi connectivity index (χ0) is 14.3. The third-order valence-corrected chi connectivity index (χ3v) is 3.16. The van der Waals surface area contributed by atoms with E-state index in [1.54, 1.807) is 0 Å². The van der Waals surface area contributed by atoms with E-state index in [0.29, 0.717) is 0 Å². The fraction of sp³-hybridized carbons (Fsp3) is 0.833. The van der Waals surface area contributed by atoms with Crippen LogP contribution >= 0.6 is 0 Å². The Kier molecular flexibility index (Phi) is 6.87. The Morgan fingerprint density at radius 3 is 2.68 bits per heavy atom. The van der Waals surface area contributed by atoms with Gasteiger partial charge in [-0.25, -0.2) is 9.78 Å². The lowest BCUT2D eigenvalue weighted by Crippen LogP contribution is -2.56. The van der Waals surface area contributed by atoms with E-state index >= 15 is 0 Å². The highest BCUT2D eigenvalue weighted by Gasteiger charge is 2.46. The molecule has 0 aromatic heterocycles. The van der Waals surface area contributed by atoms with Crippen molar-refractivity contribution in [3.05, 3.63) is 12.7 Å². The van der Waals surface area contributed by atoms with Crippen LogP contribution in [0.2, 0.25) is 0 Å². The number of rotatable bonds is 5. The minimum Gasteiger partial charge on any atom is -0.393 e. The van der Waals surface area contributed by atoms with Crippen molar-refractivity contribution in [3.63, 3.8) is 0 Å². The summed E-state index contributed by atoms with van der Waals surface area (Å²) in [5, 5.41) is 39.2. The lowest BCUT2D eigenvalue weighted by Gasteiger charge is -2.37. The number of aliphatic hydroxyl groups is 4. The van der Waals surface area contributed by atoms with Crippen molar-refractivity contribution in [2.45, 2.75) is 36.8 Å². The SMILES string of the molecule is C=CCOOC1(CO)CCOCCC(O)C(O)C1O. The second kappa shape index (κ2) is 7.91. The molecule has 19 heavy (non-hydrogen) atoms. The molecule has 1 rings (SSSR count). The second-order valence-corrected chi connectivity index (χ2v) is 4.53. The first-order valence-electron chi connectivity index (χ1n) is 6.21. The average Bonchev–Trinajstić information content (AvgIpc) is 2.47. The molecular formula is C12H22O7. The molecule has 4 unspecified atom stereocenters. The normalized spacial score (nSPS) is 37.2. The van der Waals surface area contributed by atoms with Crippen molar-refractivity contribution < 1.29 is 34.9 Å². The summed E-state index contributed by atoms with van der Waals surface area (Å²) >= 11 is 0. The van der Waals surface area contributed by atoms with E-state index in [1.807, 2.05) is 0 Å². The molecule has 1 fully saturated rings. The zero-order valence-electron chi connectivity index (χ0n) is 10.8. The Bertz CT molecular complexity index is 273. The highest BCUT2D eigenvalue weighted by molar-refractivity contribution is 4.94. The minimum absolute atomic E-state index is 0.0635. The van der Waals surface area contributed by atoms with E-state index in [2.05, 4.69) is 6.58 Å². The summed E-state index contributed by atoms with van der Waals surface area (Å²) in [4.78, 5) is 9.88. The summed E-state index contributed by atoms with van der Waals surface area (Å²) in [7, 11) is 0. The Labute approximate surface area is 112 Å². The fourth-order valence-electron chi connectivity index (χ4n) is 1.88. The molecule has 0 saturated carbocycles. The maximum atomic E-state index is 10.1. The Hall–Kier alpha value is -0.540. The number of hydrogen-bond acceptors (Lipinski definition) is 7. The van der Waals surface area contributed by atoms with Gasteiger partial charge in [0.1, 0.15) is 18.8 Å². The molecule has 1 saturated heterocycles. The molecule has 0 spiro atoms. The van der Waals surface area contributed by atoms with Crippen molar-refractivity contribution in [1.29, 1.82) is 0 Å². The molecule has 0 amide bonds. The predicted octanol–water partition coefficient (Wildman–Crippen LogP) is -1.26. The standard InChI is InChI=1S/C12H22O7/c1-2-5-18-19-12(8-13)4-7-17-6-3-9(14)10(15)11(12)16/h2,9-11,13-16H,1,3-8H2. The third kappa shape index (κ3) is 4.22. The van der Waals surface area contributed by atoms with Crippen LogP contribution in [0.1, 0.15) is 12.8 Å². The van der Waals surface area contributed by atoms with Crippen molar-refractivity contribution in [3.8, 4) is 0 Å². The Morgan fingerprint density at radius 2 is 2.05 bits per heavy atom. The summed E-state index contributed by atoms with van der Waals surface area (Å²) in [6.45, 7) is 3.37. The first-order valence-corrected chi connectivity index (χ1v) is 6.21. The highest BCUT2D eigenvalue weighted by Crippen LogP contribution is 2.27. The molecular weight excluding hydrogens is 256 g/mol. The van der Waals surface area contributed by atoms with Crippen LogP contribution in [0, 0.1) is 0 Å². The van der Waals surface area contributed by atoms with Crippen LogP contribution in [0.25, 0.3) is 0 Å². The first kappa shape index (κ1) is 16.5. The van der Waals surface area contributed by atoms with E-state index in [9.17, 15) is 20.4 Å². The van der Waals surface area contributed by atoms with Gasteiger partial charge in [-0.1, -0.05) is 6.08 Å². The van der Waals surface area contributed by atoms with E-state index in [0.717, 1.165) is 0 Å². The average molecular weight is 278 g/mol. The lowest BCUT2D eigenvalue weighted by molar-refractivity contribution is -0.388. The van der Waals surface area contributed by atoms with Crippen LogP contribution in [0.5, 0.6) is 0 Å². The molecule has 7 nitrogen and oxygen atoms in total. The fourth-order valence-corrected chi connectivity index (χ4v) is 1.88. The predicted molar refractivity (Wildman–Crippen MR) is 65.1 cm³/mol. The number of hydrogen-bond donors (Lipinski definition) is 4. The van der Waals surface area contributed by atoms with Gasteiger partial charge >= 0.3 is 0 Å². The molecule has 0 radical (unpaired) electrons. The molecule has 0 aromatic rings. The monoisotopic (exact) mass is 278 g/mol. The van der Waals surface area contributed by atoms with Crippen molar-refractivity contribution >= 4 is 0 Å². The Morgan fingerprint density at radius 1 is 1.32 bits per heavy atom. The molecule has 1 aliphatic rings. The van der Waals surface area contributed by atoms with Crippen molar-refractivity contribution in [2.24, 2.45) is 0 Å². The minimum atomic E-state index is -1.55. The largest absolute Gasteiger partial charge is 0.393 e. The molecule has 1 aliphatic heterocycles. The van der Waals surface area contributed by atoms with Gasteiger partial charge in [0, 0.05) is 19.6 Å². The van der Waals surface area contributed by atoms with Crippen LogP contribution in [0.4, 0.5) is 0 Å². The van der Waals surface area contributed by atoms with Gasteiger partial charge in [-0.05, 0) is 6.42 Å². The van der Waals surface area contributed by atoms with Crippen LogP contribution in [0.15, 0.2) is 12.7 Å². The van der Waals surface area contributed by atoms with Gasteiger partial charge < -0.3 is 25.2 Å². The number of aliphatic hydroxyl groups excluding tert-OH is 4. The van der Waals surface area contributed by atoms with E-state index < -0.39 is 30.5 Å². The van der Waals surface area contributed by atoms with Gasteiger partial charge in [0.25, 0.3) is 0 Å². The summed E-state index contributed by atoms with van der Waals surface area (Å²) in [6.07, 6.45) is -2.38. The van der Waals surface area contributed by atoms with Crippen molar-refractivity contribution in [2.75, 3.05) is 26.4 Å². The van der Waals surface area contributed by atoms with Gasteiger partial charge in [-0.15, -0.1) is 6.58 Å². The van der Waals surface area contributed by atoms with Gasteiger partial charge in [0.2, 0.25) is 0 Å². The van der Waals surface area contributed by atoms with Gasteiger partial charge in [-0.2, -0.15) is 0 Å². The van der Waals surface area contributed by atoms with Crippen LogP contribution in [-0.2, 0) is 14.5 Å². The molecule has 1 heterocycles. The number of ether oxygens (including phenoxy) is 1. The van der Waals surface area contributed by atoms with E-state index in [1.165, 1.54) is 6.08 Å². The van der Waals surface area contributed by atoms with Gasteiger partial charge in [0.15, 0.2) is 5.60 Å². The highest BCUT2D eigenvalue weighted by atomic mass is 17.2. The van der Waals surface area contributed by atoms with Crippen molar-refractivity contribution in [1.82, 2.24) is 0 Å². The molecule has 0 aromatic carbocycles. The van der Waals surface area contributed by atoms with Crippen LogP contribution in [0.3, 0.4) is 0 Å². The molecule has 4 atom stereocenters. The summed E-state index contributed by atoms with van der Waals surface area (Å²) < 4.78 is 5.24. The molecule has 0 aliphatic carbocycles. The topological polar surface area (TPSA) is 109 Å². The van der Waals surface area contributed by atoms with Gasteiger partial charge in [0.05, 0.1) is 12.7 Å². The van der Waals surface area contributed by atoms with Gasteiger partial charge in [-0.3, -0.25) is 0 Å². The quantitative estimate of drug-likeness (QED) is 0.215. The molecule has 112 valence electrons. The lowest BCUT2D eigenvalue weighted by atomic mass is 9.88. The second-order valence-electron chi connectivity index (χ2n) is 4.53. The molecule has 4 N–H and O–H groups in total. The molecule has 7 heteroatoms. The van der Waals surface area contributed by atoms with E-state index in [4.69, 9.17) is 14.5 Å². The maximum Gasteiger partial charge on any atom is 0.157 e. The van der Waals surface area contributed by atoms with E-state index in [-0.39, 0.29) is 32.7 Å². The summed E-state index contributed by atoms with van der Waals surface area (Å²) in [6, 6.07) is 0. The summed E-state index contributed by atoms with van der Waals surface area (Å²) in [5.41, 5.74) is -1.55.